The van der Waals surface area contributed by atoms with Crippen LogP contribution in [0.15, 0.2) is 48.6 Å². The van der Waals surface area contributed by atoms with E-state index in [4.69, 9.17) is 25.4 Å². The van der Waals surface area contributed by atoms with Gasteiger partial charge in [-0.05, 0) is 43.0 Å². The monoisotopic (exact) mass is 461 g/mol. The minimum Gasteiger partial charge on any atom is -0.497 e. The normalized spacial score (nSPS) is 12.0. The predicted octanol–water partition coefficient (Wildman–Crippen LogP) is 2.74. The summed E-state index contributed by atoms with van der Waals surface area (Å²) in [6, 6.07) is 11.6. The second kappa shape index (κ2) is 14.6. The Kier molecular flexibility index (Phi) is 12.2. The van der Waals surface area contributed by atoms with Crippen molar-refractivity contribution in [1.29, 1.82) is 0 Å². The van der Waals surface area contributed by atoms with E-state index in [1.807, 2.05) is 37.3 Å². The molecule has 1 unspecified atom stereocenters. The van der Waals surface area contributed by atoms with Crippen molar-refractivity contribution in [2.24, 2.45) is 11.7 Å². The number of aliphatic hydroxyl groups excluding tert-OH is 1. The average Bonchev–Trinajstić information content (AvgIpc) is 3.22. The van der Waals surface area contributed by atoms with Crippen molar-refractivity contribution in [3.8, 4) is 23.3 Å². The first-order valence-electron chi connectivity index (χ1n) is 9.63. The number of nitrogens with two attached hydrogens (primary N) is 1. The lowest BCUT2D eigenvalue weighted by molar-refractivity contribution is -0.134. The maximum absolute atomic E-state index is 9.55. The van der Waals surface area contributed by atoms with Gasteiger partial charge in [0.05, 0.1) is 12.0 Å². The smallest absolute Gasteiger partial charge is 0.328 e. The van der Waals surface area contributed by atoms with Crippen LogP contribution in [-0.4, -0.2) is 47.2 Å². The van der Waals surface area contributed by atoms with Gasteiger partial charge >= 0.3 is 11.9 Å². The van der Waals surface area contributed by atoms with Gasteiger partial charge in [0, 0.05) is 23.1 Å². The molecule has 0 aliphatic carbocycles. The molecular formula is C23H27NO7S. The highest BCUT2D eigenvalue weighted by molar-refractivity contribution is 7.12. The first kappa shape index (κ1) is 26.7. The molecule has 0 radical (unpaired) electrons. The number of rotatable bonds is 9. The summed E-state index contributed by atoms with van der Waals surface area (Å²) in [5.74, 6) is 5.22. The summed E-state index contributed by atoms with van der Waals surface area (Å²) in [7, 11) is 1.63. The summed E-state index contributed by atoms with van der Waals surface area (Å²) in [4.78, 5) is 21.4. The number of carboxylic acid groups (broad SMARTS) is 2. The minimum atomic E-state index is -1.26. The maximum Gasteiger partial charge on any atom is 0.328 e. The van der Waals surface area contributed by atoms with Gasteiger partial charge in [-0.2, -0.15) is 0 Å². The highest BCUT2D eigenvalue weighted by Crippen LogP contribution is 2.20. The molecule has 2 rings (SSSR count). The van der Waals surface area contributed by atoms with Crippen molar-refractivity contribution in [2.45, 2.75) is 26.0 Å². The van der Waals surface area contributed by atoms with Crippen LogP contribution in [-0.2, 0) is 16.0 Å². The molecule has 8 nitrogen and oxygen atoms in total. The summed E-state index contributed by atoms with van der Waals surface area (Å²) in [6.45, 7) is 2.28. The molecule has 5 N–H and O–H groups in total. The molecule has 1 heterocycles. The van der Waals surface area contributed by atoms with Crippen LogP contribution in [0.1, 0.15) is 23.1 Å². The van der Waals surface area contributed by atoms with Crippen LogP contribution >= 0.6 is 11.3 Å². The van der Waals surface area contributed by atoms with Crippen LogP contribution in [0.3, 0.4) is 0 Å². The molecule has 1 aromatic heterocycles. The lowest BCUT2D eigenvalue weighted by atomic mass is 10.0. The molecule has 0 aliphatic heterocycles. The molecular weight excluding hydrogens is 434 g/mol. The molecule has 0 saturated heterocycles. The SMILES string of the molecule is COc1cccc(OCC#Cc2ccc(CC[C@@H](C)C(N)O)s2)c1.O=C(O)C=CC(=O)O. The van der Waals surface area contributed by atoms with E-state index in [2.05, 4.69) is 17.9 Å². The zero-order chi connectivity index (χ0) is 23.9. The van der Waals surface area contributed by atoms with Gasteiger partial charge in [0.25, 0.3) is 0 Å². The number of methoxy groups -OCH3 is 1. The summed E-state index contributed by atoms with van der Waals surface area (Å²) in [5, 5.41) is 24.9. The number of benzene rings is 1. The molecule has 0 spiro atoms. The Bertz CT molecular complexity index is 940. The van der Waals surface area contributed by atoms with Crippen molar-refractivity contribution in [2.75, 3.05) is 13.7 Å². The van der Waals surface area contributed by atoms with E-state index in [0.717, 1.165) is 29.2 Å². The number of aliphatic carboxylic acids is 2. The van der Waals surface area contributed by atoms with E-state index in [9.17, 15) is 14.7 Å². The number of thiophene rings is 1. The number of ether oxygens (including phenoxy) is 2. The van der Waals surface area contributed by atoms with E-state index in [0.29, 0.717) is 18.8 Å². The van der Waals surface area contributed by atoms with Gasteiger partial charge < -0.3 is 30.5 Å². The first-order valence-corrected chi connectivity index (χ1v) is 10.4. The lowest BCUT2D eigenvalue weighted by Gasteiger charge is -2.12. The van der Waals surface area contributed by atoms with Gasteiger partial charge in [0.1, 0.15) is 24.3 Å². The van der Waals surface area contributed by atoms with E-state index in [1.54, 1.807) is 18.4 Å². The summed E-state index contributed by atoms with van der Waals surface area (Å²) < 4.78 is 10.7. The molecule has 32 heavy (non-hydrogen) atoms. The summed E-state index contributed by atoms with van der Waals surface area (Å²) >= 11 is 1.67. The Hall–Kier alpha value is -3.32. The average molecular weight is 462 g/mol. The number of hydrogen-bond acceptors (Lipinski definition) is 7. The van der Waals surface area contributed by atoms with Gasteiger partial charge in [-0.3, -0.25) is 0 Å². The van der Waals surface area contributed by atoms with Gasteiger partial charge in [-0.15, -0.1) is 11.3 Å². The van der Waals surface area contributed by atoms with E-state index in [-0.39, 0.29) is 5.92 Å². The van der Waals surface area contributed by atoms with Gasteiger partial charge in [-0.25, -0.2) is 9.59 Å². The minimum absolute atomic E-state index is 0.0953. The standard InChI is InChI=1S/C19H23NO3S.C4H4O4/c1-14(19(20)21)8-9-18-11-10-17(24-18)7-4-12-23-16-6-3-5-15(13-16)22-2;5-3(6)1-2-4(7)8/h3,5-6,10-11,13-14,19,21H,8-9,12,20H2,1-2H3;1-2H,(H,5,6)(H,7,8)/t14-,19?;/m1./s1. The van der Waals surface area contributed by atoms with Crippen molar-refractivity contribution >= 4 is 23.3 Å². The topological polar surface area (TPSA) is 139 Å². The zero-order valence-electron chi connectivity index (χ0n) is 17.9. The molecule has 0 saturated carbocycles. The van der Waals surface area contributed by atoms with Gasteiger partial charge in [0.15, 0.2) is 0 Å². The summed E-state index contributed by atoms with van der Waals surface area (Å²) in [5.41, 5.74) is 5.47. The molecule has 0 aliphatic rings. The van der Waals surface area contributed by atoms with Crippen molar-refractivity contribution in [3.05, 3.63) is 58.3 Å². The fraction of sp³-hybridized carbons (Fsp3) is 0.304. The van der Waals surface area contributed by atoms with E-state index < -0.39 is 18.2 Å². The summed E-state index contributed by atoms with van der Waals surface area (Å²) in [6.07, 6.45) is 2.13. The second-order valence-corrected chi connectivity index (χ2v) is 7.72. The lowest BCUT2D eigenvalue weighted by Crippen LogP contribution is -2.27. The second-order valence-electron chi connectivity index (χ2n) is 6.55. The molecule has 0 amide bonds. The van der Waals surface area contributed by atoms with Gasteiger partial charge in [-0.1, -0.05) is 24.8 Å². The molecule has 2 aromatic rings. The molecule has 1 aromatic carbocycles. The number of aryl methyl sites for hydroxylation is 1. The van der Waals surface area contributed by atoms with Crippen LogP contribution in [0.25, 0.3) is 0 Å². The van der Waals surface area contributed by atoms with E-state index >= 15 is 0 Å². The predicted molar refractivity (Wildman–Crippen MR) is 122 cm³/mol. The van der Waals surface area contributed by atoms with E-state index in [1.165, 1.54) is 4.88 Å². The van der Waals surface area contributed by atoms with Crippen LogP contribution in [0.4, 0.5) is 0 Å². The Labute approximate surface area is 190 Å². The first-order chi connectivity index (χ1) is 15.2. The molecule has 2 atom stereocenters. The Morgan fingerprint density at radius 1 is 1.16 bits per heavy atom. The third-order valence-corrected chi connectivity index (χ3v) is 5.08. The van der Waals surface area contributed by atoms with Crippen molar-refractivity contribution < 1.29 is 34.4 Å². The van der Waals surface area contributed by atoms with Crippen LogP contribution in [0.2, 0.25) is 0 Å². The number of hydrogen-bond donors (Lipinski definition) is 4. The van der Waals surface area contributed by atoms with Gasteiger partial charge in [0.2, 0.25) is 0 Å². The highest BCUT2D eigenvalue weighted by atomic mass is 32.1. The quantitative estimate of drug-likeness (QED) is 0.254. The van der Waals surface area contributed by atoms with Crippen LogP contribution in [0.5, 0.6) is 11.5 Å². The number of carbonyl (C=O) groups is 2. The number of aliphatic hydroxyl groups is 1. The molecule has 9 heteroatoms. The van der Waals surface area contributed by atoms with Crippen molar-refractivity contribution in [3.63, 3.8) is 0 Å². The maximum atomic E-state index is 9.55. The third-order valence-electron chi connectivity index (χ3n) is 4.02. The van der Waals surface area contributed by atoms with Crippen LogP contribution in [0, 0.1) is 17.8 Å². The van der Waals surface area contributed by atoms with Crippen LogP contribution < -0.4 is 15.2 Å². The third kappa shape index (κ3) is 11.8. The molecule has 0 fully saturated rings. The highest BCUT2D eigenvalue weighted by Gasteiger charge is 2.09. The fourth-order valence-electron chi connectivity index (χ4n) is 2.20. The van der Waals surface area contributed by atoms with Crippen molar-refractivity contribution in [1.82, 2.24) is 0 Å². The Balaban J connectivity index is 0.000000547. The Morgan fingerprint density at radius 2 is 1.81 bits per heavy atom. The Morgan fingerprint density at radius 3 is 2.41 bits per heavy atom. The number of carboxylic acids is 2. The largest absolute Gasteiger partial charge is 0.497 e. The fourth-order valence-corrected chi connectivity index (χ4v) is 3.09. The molecule has 172 valence electrons. The molecule has 0 bridgehead atoms. The zero-order valence-corrected chi connectivity index (χ0v) is 18.7.